The molecule has 0 saturated heterocycles. The van der Waals surface area contributed by atoms with Crippen molar-refractivity contribution in [2.45, 2.75) is 13.5 Å². The molecule has 2 rings (SSSR count). The van der Waals surface area contributed by atoms with Crippen molar-refractivity contribution >= 4 is 39.1 Å². The van der Waals surface area contributed by atoms with E-state index in [0.29, 0.717) is 17.1 Å². The van der Waals surface area contributed by atoms with Gasteiger partial charge >= 0.3 is 0 Å². The number of halogens is 2. The molecule has 0 aliphatic carbocycles. The Morgan fingerprint density at radius 1 is 1.33 bits per heavy atom. The van der Waals surface area contributed by atoms with Crippen LogP contribution in [0.4, 0.5) is 5.69 Å². The van der Waals surface area contributed by atoms with E-state index in [4.69, 9.17) is 22.5 Å². The van der Waals surface area contributed by atoms with Crippen molar-refractivity contribution in [3.63, 3.8) is 0 Å². The summed E-state index contributed by atoms with van der Waals surface area (Å²) >= 11 is 9.69. The van der Waals surface area contributed by atoms with Crippen LogP contribution in [0.3, 0.4) is 0 Å². The summed E-state index contributed by atoms with van der Waals surface area (Å²) < 4.78 is 1.03. The lowest BCUT2D eigenvalue weighted by molar-refractivity contribution is 0.318. The minimum Gasteiger partial charge on any atom is -0.409 e. The molecule has 4 N–H and O–H groups in total. The zero-order valence-corrected chi connectivity index (χ0v) is 13.7. The van der Waals surface area contributed by atoms with Gasteiger partial charge in [0.15, 0.2) is 5.84 Å². The fourth-order valence-corrected chi connectivity index (χ4v) is 2.80. The highest BCUT2D eigenvalue weighted by Gasteiger charge is 2.05. The second-order valence-electron chi connectivity index (χ2n) is 4.66. The number of rotatable bonds is 4. The van der Waals surface area contributed by atoms with Crippen LogP contribution < -0.4 is 11.1 Å². The number of aryl methyl sites for hydroxylation is 1. The highest BCUT2D eigenvalue weighted by molar-refractivity contribution is 9.10. The summed E-state index contributed by atoms with van der Waals surface area (Å²) in [5.74, 6) is 0.0408. The van der Waals surface area contributed by atoms with Crippen LogP contribution in [0.1, 0.15) is 16.7 Å². The van der Waals surface area contributed by atoms with Crippen molar-refractivity contribution in [1.82, 2.24) is 0 Å². The van der Waals surface area contributed by atoms with Gasteiger partial charge in [0.1, 0.15) is 0 Å². The van der Waals surface area contributed by atoms with Crippen molar-refractivity contribution in [3.05, 3.63) is 62.6 Å². The largest absolute Gasteiger partial charge is 0.409 e. The summed E-state index contributed by atoms with van der Waals surface area (Å²) in [4.78, 5) is 0. The van der Waals surface area contributed by atoms with E-state index in [1.54, 1.807) is 12.1 Å². The second-order valence-corrected chi connectivity index (χ2v) is 5.99. The molecule has 0 saturated carbocycles. The molecule has 0 heterocycles. The molecule has 0 radical (unpaired) electrons. The maximum absolute atomic E-state index is 8.66. The maximum Gasteiger partial charge on any atom is 0.170 e. The summed E-state index contributed by atoms with van der Waals surface area (Å²) in [7, 11) is 0. The van der Waals surface area contributed by atoms with Crippen molar-refractivity contribution in [3.8, 4) is 0 Å². The number of hydrogen-bond acceptors (Lipinski definition) is 3. The van der Waals surface area contributed by atoms with Crippen LogP contribution in [0.15, 0.2) is 46.0 Å². The lowest BCUT2D eigenvalue weighted by Crippen LogP contribution is -2.13. The lowest BCUT2D eigenvalue weighted by Gasteiger charge is -2.10. The molecular formula is C15H15BrClN3O. The lowest BCUT2D eigenvalue weighted by atomic mass is 10.1. The molecule has 2 aromatic rings. The zero-order valence-electron chi connectivity index (χ0n) is 11.4. The summed E-state index contributed by atoms with van der Waals surface area (Å²) in [6.45, 7) is 2.62. The third-order valence-corrected chi connectivity index (χ3v) is 3.79. The molecular weight excluding hydrogens is 354 g/mol. The molecule has 0 aromatic heterocycles. The zero-order chi connectivity index (χ0) is 15.4. The Bertz CT molecular complexity index is 668. The number of anilines is 1. The molecule has 110 valence electrons. The van der Waals surface area contributed by atoms with Gasteiger partial charge in [-0.3, -0.25) is 0 Å². The Hall–Kier alpha value is -1.72. The van der Waals surface area contributed by atoms with Gasteiger partial charge in [0.2, 0.25) is 0 Å². The van der Waals surface area contributed by atoms with Crippen LogP contribution in [0.5, 0.6) is 0 Å². The summed E-state index contributed by atoms with van der Waals surface area (Å²) in [5, 5.41) is 15.5. The second kappa shape index (κ2) is 6.83. The average molecular weight is 369 g/mol. The Kier molecular flexibility index (Phi) is 5.09. The minimum absolute atomic E-state index is 0.0408. The van der Waals surface area contributed by atoms with E-state index in [1.165, 1.54) is 5.56 Å². The molecule has 0 fully saturated rings. The maximum atomic E-state index is 8.66. The van der Waals surface area contributed by atoms with Crippen LogP contribution >= 0.6 is 27.5 Å². The molecule has 4 nitrogen and oxygen atoms in total. The van der Waals surface area contributed by atoms with E-state index in [0.717, 1.165) is 15.7 Å². The van der Waals surface area contributed by atoms with Gasteiger partial charge in [-0.25, -0.2) is 0 Å². The van der Waals surface area contributed by atoms with E-state index in [1.807, 2.05) is 25.1 Å². The van der Waals surface area contributed by atoms with E-state index in [2.05, 4.69) is 32.5 Å². The SMILES string of the molecule is Cc1cc(Br)cc(NCc2ccc(/C(N)=N/O)cc2Cl)c1. The first-order valence-corrected chi connectivity index (χ1v) is 7.44. The van der Waals surface area contributed by atoms with E-state index in [-0.39, 0.29) is 5.84 Å². The molecule has 0 amide bonds. The monoisotopic (exact) mass is 367 g/mol. The van der Waals surface area contributed by atoms with Gasteiger partial charge in [0, 0.05) is 27.3 Å². The first-order valence-electron chi connectivity index (χ1n) is 6.27. The number of benzene rings is 2. The Balaban J connectivity index is 2.13. The molecule has 6 heteroatoms. The van der Waals surface area contributed by atoms with Crippen LogP contribution in [-0.4, -0.2) is 11.0 Å². The van der Waals surface area contributed by atoms with Gasteiger partial charge in [-0.1, -0.05) is 44.8 Å². The molecule has 0 aliphatic rings. The third-order valence-electron chi connectivity index (χ3n) is 2.98. The normalized spacial score (nSPS) is 11.5. The quantitative estimate of drug-likeness (QED) is 0.329. The predicted molar refractivity (Wildman–Crippen MR) is 90.2 cm³/mol. The Morgan fingerprint density at radius 2 is 2.10 bits per heavy atom. The van der Waals surface area contributed by atoms with Crippen LogP contribution in [0, 0.1) is 6.92 Å². The number of amidine groups is 1. The Labute approximate surface area is 136 Å². The van der Waals surface area contributed by atoms with E-state index in [9.17, 15) is 0 Å². The van der Waals surface area contributed by atoms with Gasteiger partial charge in [-0.2, -0.15) is 0 Å². The molecule has 2 aromatic carbocycles. The highest BCUT2D eigenvalue weighted by Crippen LogP contribution is 2.22. The third kappa shape index (κ3) is 4.12. The van der Waals surface area contributed by atoms with Crippen molar-refractivity contribution in [1.29, 1.82) is 0 Å². The van der Waals surface area contributed by atoms with Crippen LogP contribution in [0.2, 0.25) is 5.02 Å². The van der Waals surface area contributed by atoms with Gasteiger partial charge in [0.25, 0.3) is 0 Å². The number of nitrogens with one attached hydrogen (secondary N) is 1. The van der Waals surface area contributed by atoms with Gasteiger partial charge in [0.05, 0.1) is 0 Å². The smallest absolute Gasteiger partial charge is 0.170 e. The number of oxime groups is 1. The summed E-state index contributed by atoms with van der Waals surface area (Å²) in [6.07, 6.45) is 0. The minimum atomic E-state index is 0.0408. The summed E-state index contributed by atoms with van der Waals surface area (Å²) in [5.41, 5.74) is 9.23. The molecule has 21 heavy (non-hydrogen) atoms. The molecule has 0 aliphatic heterocycles. The number of nitrogens with zero attached hydrogens (tertiary/aromatic N) is 1. The number of hydrogen-bond donors (Lipinski definition) is 3. The topological polar surface area (TPSA) is 70.6 Å². The fraction of sp³-hybridized carbons (Fsp3) is 0.133. The molecule has 0 spiro atoms. The average Bonchev–Trinajstić information content (AvgIpc) is 2.44. The van der Waals surface area contributed by atoms with Crippen LogP contribution in [0.25, 0.3) is 0 Å². The fourth-order valence-electron chi connectivity index (χ4n) is 1.94. The molecule has 0 unspecified atom stereocenters. The first kappa shape index (κ1) is 15.7. The molecule has 0 atom stereocenters. The van der Waals surface area contributed by atoms with Crippen molar-refractivity contribution in [2.24, 2.45) is 10.9 Å². The van der Waals surface area contributed by atoms with Crippen LogP contribution in [-0.2, 0) is 6.54 Å². The van der Waals surface area contributed by atoms with Crippen molar-refractivity contribution in [2.75, 3.05) is 5.32 Å². The first-order chi connectivity index (χ1) is 9.99. The van der Waals surface area contributed by atoms with Gasteiger partial charge < -0.3 is 16.3 Å². The van der Waals surface area contributed by atoms with E-state index >= 15 is 0 Å². The molecule has 0 bridgehead atoms. The summed E-state index contributed by atoms with van der Waals surface area (Å²) in [6, 6.07) is 11.4. The van der Waals surface area contributed by atoms with Gasteiger partial charge in [-0.15, -0.1) is 0 Å². The van der Waals surface area contributed by atoms with E-state index < -0.39 is 0 Å². The number of nitrogens with two attached hydrogens (primary N) is 1. The standard InChI is InChI=1S/C15H15BrClN3O/c1-9-4-12(16)7-13(5-9)19-8-11-3-2-10(6-14(11)17)15(18)20-21/h2-7,19,21H,8H2,1H3,(H2,18,20). The predicted octanol–water partition coefficient (Wildman–Crippen LogP) is 4.12. The van der Waals surface area contributed by atoms with Gasteiger partial charge in [-0.05, 0) is 42.3 Å². The van der Waals surface area contributed by atoms with Crippen molar-refractivity contribution < 1.29 is 5.21 Å². The Morgan fingerprint density at radius 3 is 2.71 bits per heavy atom. The highest BCUT2D eigenvalue weighted by atomic mass is 79.9.